The van der Waals surface area contributed by atoms with Gasteiger partial charge in [-0.2, -0.15) is 0 Å². The standard InChI is InChI=1S/C25H34N4O3S/c1-18-26-20(17-33-18)16-27(2)21-10-13-28(14-11-21)22-8-6-19(7-9-22)15-24(30)29-12-4-5-23(29)25(31)32-3/h6-9,17,21,23H,4-5,10-16H2,1-3H3/t23-/m0/s1. The number of hydrogen-bond acceptors (Lipinski definition) is 7. The van der Waals surface area contributed by atoms with Gasteiger partial charge in [-0.25, -0.2) is 9.78 Å². The molecule has 8 heteroatoms. The Labute approximate surface area is 200 Å². The first-order valence-electron chi connectivity index (χ1n) is 11.8. The molecule has 178 valence electrons. The molecule has 7 nitrogen and oxygen atoms in total. The van der Waals surface area contributed by atoms with E-state index in [0.29, 0.717) is 25.4 Å². The fourth-order valence-electron chi connectivity index (χ4n) is 4.98. The Morgan fingerprint density at radius 1 is 1.15 bits per heavy atom. The lowest BCUT2D eigenvalue weighted by molar-refractivity contribution is -0.150. The summed E-state index contributed by atoms with van der Waals surface area (Å²) in [6, 6.07) is 8.46. The number of aryl methyl sites for hydroxylation is 1. The van der Waals surface area contributed by atoms with E-state index in [1.165, 1.54) is 18.5 Å². The number of aromatic nitrogens is 1. The highest BCUT2D eigenvalue weighted by molar-refractivity contribution is 7.09. The number of nitrogens with zero attached hydrogens (tertiary/aromatic N) is 4. The van der Waals surface area contributed by atoms with Gasteiger partial charge in [0.2, 0.25) is 5.91 Å². The molecule has 0 saturated carbocycles. The van der Waals surface area contributed by atoms with E-state index >= 15 is 0 Å². The maximum atomic E-state index is 12.8. The molecule has 33 heavy (non-hydrogen) atoms. The molecule has 0 spiro atoms. The third kappa shape index (κ3) is 5.73. The van der Waals surface area contributed by atoms with Crippen molar-refractivity contribution in [1.82, 2.24) is 14.8 Å². The van der Waals surface area contributed by atoms with Gasteiger partial charge in [0.1, 0.15) is 6.04 Å². The number of hydrogen-bond donors (Lipinski definition) is 0. The van der Waals surface area contributed by atoms with Crippen LogP contribution in [0.2, 0.25) is 0 Å². The minimum atomic E-state index is -0.430. The second-order valence-electron chi connectivity index (χ2n) is 9.10. The molecule has 0 aliphatic carbocycles. The Balaban J connectivity index is 1.27. The molecule has 0 unspecified atom stereocenters. The van der Waals surface area contributed by atoms with Crippen molar-refractivity contribution in [2.45, 2.75) is 57.7 Å². The summed E-state index contributed by atoms with van der Waals surface area (Å²) >= 11 is 1.71. The molecule has 4 rings (SSSR count). The zero-order valence-electron chi connectivity index (χ0n) is 19.8. The van der Waals surface area contributed by atoms with Gasteiger partial charge < -0.3 is 14.5 Å². The predicted molar refractivity (Wildman–Crippen MR) is 130 cm³/mol. The number of anilines is 1. The van der Waals surface area contributed by atoms with Crippen molar-refractivity contribution < 1.29 is 14.3 Å². The van der Waals surface area contributed by atoms with Gasteiger partial charge in [0.15, 0.2) is 0 Å². The Bertz CT molecular complexity index is 953. The maximum Gasteiger partial charge on any atom is 0.328 e. The first-order valence-corrected chi connectivity index (χ1v) is 12.6. The number of methoxy groups -OCH3 is 1. The highest BCUT2D eigenvalue weighted by Crippen LogP contribution is 2.25. The van der Waals surface area contributed by atoms with Crippen LogP contribution >= 0.6 is 11.3 Å². The number of thiazole rings is 1. The first kappa shape index (κ1) is 23.7. The highest BCUT2D eigenvalue weighted by Gasteiger charge is 2.34. The lowest BCUT2D eigenvalue weighted by Gasteiger charge is -2.37. The summed E-state index contributed by atoms with van der Waals surface area (Å²) in [6.45, 7) is 5.64. The number of esters is 1. The second-order valence-corrected chi connectivity index (χ2v) is 10.2. The van der Waals surface area contributed by atoms with E-state index in [2.05, 4.69) is 46.3 Å². The molecule has 0 radical (unpaired) electrons. The fourth-order valence-corrected chi connectivity index (χ4v) is 5.58. The molecule has 0 bridgehead atoms. The van der Waals surface area contributed by atoms with Crippen LogP contribution in [0.25, 0.3) is 0 Å². The van der Waals surface area contributed by atoms with E-state index < -0.39 is 6.04 Å². The fraction of sp³-hybridized carbons (Fsp3) is 0.560. The average Bonchev–Trinajstić information content (AvgIpc) is 3.48. The number of carbonyl (C=O) groups excluding carboxylic acids is 2. The van der Waals surface area contributed by atoms with Gasteiger partial charge in [-0.1, -0.05) is 12.1 Å². The summed E-state index contributed by atoms with van der Waals surface area (Å²) in [5.74, 6) is -0.318. The number of carbonyl (C=O) groups is 2. The van der Waals surface area contributed by atoms with E-state index in [-0.39, 0.29) is 11.9 Å². The van der Waals surface area contributed by atoms with E-state index in [0.717, 1.165) is 49.5 Å². The quantitative estimate of drug-likeness (QED) is 0.579. The molecular formula is C25H34N4O3S. The SMILES string of the molecule is COC(=O)[C@@H]1CCCN1C(=O)Cc1ccc(N2CCC(N(C)Cc3csc(C)n3)CC2)cc1. The normalized spacial score (nSPS) is 19.3. The minimum absolute atomic E-state index is 0.00481. The molecule has 1 atom stereocenters. The molecule has 1 amide bonds. The van der Waals surface area contributed by atoms with Crippen LogP contribution in [-0.4, -0.2) is 72.5 Å². The van der Waals surface area contributed by atoms with E-state index in [9.17, 15) is 9.59 Å². The monoisotopic (exact) mass is 470 g/mol. The van der Waals surface area contributed by atoms with E-state index in [1.54, 1.807) is 16.2 Å². The lowest BCUT2D eigenvalue weighted by atomic mass is 10.0. The number of ether oxygens (including phenoxy) is 1. The summed E-state index contributed by atoms with van der Waals surface area (Å²) in [4.78, 5) is 35.8. The molecule has 2 saturated heterocycles. The Morgan fingerprint density at radius 3 is 2.52 bits per heavy atom. The van der Waals surface area contributed by atoms with Gasteiger partial charge in [-0.15, -0.1) is 11.3 Å². The number of rotatable bonds is 7. The molecule has 2 aliphatic heterocycles. The summed E-state index contributed by atoms with van der Waals surface area (Å²) in [7, 11) is 3.58. The predicted octanol–water partition coefficient (Wildman–Crippen LogP) is 3.26. The van der Waals surface area contributed by atoms with Gasteiger partial charge in [0.25, 0.3) is 0 Å². The Hall–Kier alpha value is -2.45. The van der Waals surface area contributed by atoms with Gasteiger partial charge in [0.05, 0.1) is 24.2 Å². The van der Waals surface area contributed by atoms with Crippen molar-refractivity contribution in [2.75, 3.05) is 38.7 Å². The van der Waals surface area contributed by atoms with Crippen LogP contribution in [0, 0.1) is 6.92 Å². The van der Waals surface area contributed by atoms with Crippen molar-refractivity contribution in [1.29, 1.82) is 0 Å². The number of piperidine rings is 1. The van der Waals surface area contributed by atoms with Crippen molar-refractivity contribution >= 4 is 28.9 Å². The molecule has 0 N–H and O–H groups in total. The smallest absolute Gasteiger partial charge is 0.328 e. The Kier molecular flexibility index (Phi) is 7.65. The van der Waals surface area contributed by atoms with Crippen LogP contribution in [0.1, 0.15) is 41.9 Å². The van der Waals surface area contributed by atoms with Crippen LogP contribution in [0.5, 0.6) is 0 Å². The molecule has 2 aromatic rings. The third-order valence-corrected chi connectivity index (χ3v) is 7.69. The van der Waals surface area contributed by atoms with Gasteiger partial charge in [-0.05, 0) is 57.4 Å². The van der Waals surface area contributed by atoms with Crippen LogP contribution < -0.4 is 4.90 Å². The Morgan fingerprint density at radius 2 is 1.88 bits per heavy atom. The minimum Gasteiger partial charge on any atom is -0.467 e. The number of amides is 1. The lowest BCUT2D eigenvalue weighted by Crippen LogP contribution is -2.43. The van der Waals surface area contributed by atoms with Crippen molar-refractivity contribution in [3.63, 3.8) is 0 Å². The molecular weight excluding hydrogens is 436 g/mol. The average molecular weight is 471 g/mol. The molecule has 1 aromatic heterocycles. The number of likely N-dealkylation sites (tertiary alicyclic amines) is 1. The molecule has 2 fully saturated rings. The van der Waals surface area contributed by atoms with Crippen molar-refractivity contribution in [3.8, 4) is 0 Å². The van der Waals surface area contributed by atoms with Gasteiger partial charge in [0, 0.05) is 43.3 Å². The van der Waals surface area contributed by atoms with Crippen LogP contribution in [0.15, 0.2) is 29.6 Å². The summed E-state index contributed by atoms with van der Waals surface area (Å²) in [5, 5.41) is 3.29. The van der Waals surface area contributed by atoms with Gasteiger partial charge >= 0.3 is 5.97 Å². The molecule has 2 aliphatic rings. The summed E-state index contributed by atoms with van der Waals surface area (Å²) in [6.07, 6.45) is 4.11. The summed E-state index contributed by atoms with van der Waals surface area (Å²) in [5.41, 5.74) is 3.35. The van der Waals surface area contributed by atoms with Crippen LogP contribution in [-0.2, 0) is 27.3 Å². The van der Waals surface area contributed by atoms with Gasteiger partial charge in [-0.3, -0.25) is 9.69 Å². The van der Waals surface area contributed by atoms with Crippen molar-refractivity contribution in [3.05, 3.63) is 45.9 Å². The van der Waals surface area contributed by atoms with E-state index in [4.69, 9.17) is 4.74 Å². The topological polar surface area (TPSA) is 66.0 Å². The maximum absolute atomic E-state index is 12.8. The van der Waals surface area contributed by atoms with Crippen LogP contribution in [0.4, 0.5) is 5.69 Å². The summed E-state index contributed by atoms with van der Waals surface area (Å²) < 4.78 is 4.86. The van der Waals surface area contributed by atoms with Crippen molar-refractivity contribution in [2.24, 2.45) is 0 Å². The zero-order valence-corrected chi connectivity index (χ0v) is 20.6. The zero-order chi connectivity index (χ0) is 23.4. The molecule has 3 heterocycles. The highest BCUT2D eigenvalue weighted by atomic mass is 32.1. The third-order valence-electron chi connectivity index (χ3n) is 6.87. The van der Waals surface area contributed by atoms with Crippen LogP contribution in [0.3, 0.4) is 0 Å². The van der Waals surface area contributed by atoms with E-state index in [1.807, 2.05) is 12.1 Å². The number of benzene rings is 1. The molecule has 1 aromatic carbocycles. The first-order chi connectivity index (χ1) is 15.9. The largest absolute Gasteiger partial charge is 0.467 e. The second kappa shape index (κ2) is 10.7.